The Balaban J connectivity index is 1.71. The Hall–Kier alpha value is -2.54. The van der Waals surface area contributed by atoms with Crippen molar-refractivity contribution < 1.29 is 13.2 Å². The number of benzene rings is 2. The van der Waals surface area contributed by atoms with Gasteiger partial charge >= 0.3 is 6.03 Å². The second-order valence-electron chi connectivity index (χ2n) is 5.87. The maximum absolute atomic E-state index is 12.4. The largest absolute Gasteiger partial charge is 0.335 e. The average molecular weight is 345 g/mol. The van der Waals surface area contributed by atoms with Crippen LogP contribution in [0, 0.1) is 6.92 Å². The first-order chi connectivity index (χ1) is 11.4. The summed E-state index contributed by atoms with van der Waals surface area (Å²) in [6.07, 6.45) is 2.01. The molecule has 2 aromatic rings. The lowest BCUT2D eigenvalue weighted by Crippen LogP contribution is -2.30. The van der Waals surface area contributed by atoms with Crippen molar-refractivity contribution in [3.63, 3.8) is 0 Å². The van der Waals surface area contributed by atoms with Gasteiger partial charge in [-0.15, -0.1) is 0 Å². The molecule has 0 atom stereocenters. The Labute approximate surface area is 141 Å². The Morgan fingerprint density at radius 2 is 1.71 bits per heavy atom. The molecular weight excluding hydrogens is 326 g/mol. The summed E-state index contributed by atoms with van der Waals surface area (Å²) in [5.74, 6) is 0. The number of sulfonamides is 1. The zero-order valence-corrected chi connectivity index (χ0v) is 14.1. The number of rotatable bonds is 5. The molecule has 1 fully saturated rings. The van der Waals surface area contributed by atoms with Gasteiger partial charge in [-0.25, -0.2) is 13.2 Å². The molecule has 1 aliphatic carbocycles. The van der Waals surface area contributed by atoms with Gasteiger partial charge in [0.2, 0.25) is 0 Å². The highest BCUT2D eigenvalue weighted by molar-refractivity contribution is 7.92. The average Bonchev–Trinajstić information content (AvgIpc) is 3.31. The number of hydrogen-bond donors (Lipinski definition) is 3. The molecule has 6 nitrogen and oxygen atoms in total. The molecule has 1 saturated carbocycles. The van der Waals surface area contributed by atoms with E-state index >= 15 is 0 Å². The normalized spacial score (nSPS) is 14.0. The third-order valence-corrected chi connectivity index (χ3v) is 5.01. The van der Waals surface area contributed by atoms with Crippen LogP contribution >= 0.6 is 0 Å². The summed E-state index contributed by atoms with van der Waals surface area (Å²) in [5.41, 5.74) is 1.90. The number of carbonyl (C=O) groups is 1. The van der Waals surface area contributed by atoms with Gasteiger partial charge in [-0.05, 0) is 50.1 Å². The van der Waals surface area contributed by atoms with Crippen molar-refractivity contribution in [2.24, 2.45) is 0 Å². The smallest absolute Gasteiger partial charge is 0.319 e. The van der Waals surface area contributed by atoms with E-state index in [1.165, 1.54) is 0 Å². The Bertz CT molecular complexity index is 844. The maximum atomic E-state index is 12.4. The van der Waals surface area contributed by atoms with E-state index in [9.17, 15) is 13.2 Å². The van der Waals surface area contributed by atoms with Gasteiger partial charge in [-0.3, -0.25) is 4.72 Å². The SMILES string of the molecule is Cc1ccc(S(=O)(=O)Nc2cccc(NC(=O)NC3CC3)c2)cc1. The van der Waals surface area contributed by atoms with Crippen molar-refractivity contribution in [1.29, 1.82) is 0 Å². The van der Waals surface area contributed by atoms with E-state index < -0.39 is 10.0 Å². The zero-order valence-electron chi connectivity index (χ0n) is 13.2. The van der Waals surface area contributed by atoms with E-state index in [0.717, 1.165) is 18.4 Å². The molecule has 2 aromatic carbocycles. The third-order valence-electron chi connectivity index (χ3n) is 3.62. The van der Waals surface area contributed by atoms with Gasteiger partial charge in [-0.1, -0.05) is 23.8 Å². The van der Waals surface area contributed by atoms with Crippen LogP contribution < -0.4 is 15.4 Å². The van der Waals surface area contributed by atoms with Crippen molar-refractivity contribution in [2.45, 2.75) is 30.7 Å². The molecule has 0 aromatic heterocycles. The van der Waals surface area contributed by atoms with Gasteiger partial charge in [0.1, 0.15) is 0 Å². The second kappa shape index (κ2) is 6.52. The topological polar surface area (TPSA) is 87.3 Å². The molecule has 3 rings (SSSR count). The van der Waals surface area contributed by atoms with Crippen LogP contribution in [-0.4, -0.2) is 20.5 Å². The molecule has 0 heterocycles. The van der Waals surface area contributed by atoms with Crippen LogP contribution in [0.2, 0.25) is 0 Å². The number of anilines is 2. The third kappa shape index (κ3) is 4.26. The lowest BCUT2D eigenvalue weighted by atomic mass is 10.2. The standard InChI is InChI=1S/C17H19N3O3S/c1-12-5-9-16(10-6-12)24(22,23)20-15-4-2-3-14(11-15)19-17(21)18-13-7-8-13/h2-6,9-11,13,20H,7-8H2,1H3,(H2,18,19,21). The number of nitrogens with one attached hydrogen (secondary N) is 3. The second-order valence-corrected chi connectivity index (χ2v) is 7.55. The first kappa shape index (κ1) is 16.3. The van der Waals surface area contributed by atoms with Crippen molar-refractivity contribution in [2.75, 3.05) is 10.0 Å². The van der Waals surface area contributed by atoms with Crippen molar-refractivity contribution in [1.82, 2.24) is 5.32 Å². The summed E-state index contributed by atoms with van der Waals surface area (Å²) in [7, 11) is -3.66. The lowest BCUT2D eigenvalue weighted by molar-refractivity contribution is 0.251. The molecule has 0 unspecified atom stereocenters. The predicted molar refractivity (Wildman–Crippen MR) is 93.6 cm³/mol. The molecule has 1 aliphatic rings. The molecule has 7 heteroatoms. The minimum Gasteiger partial charge on any atom is -0.335 e. The van der Waals surface area contributed by atoms with Crippen molar-refractivity contribution >= 4 is 27.4 Å². The van der Waals surface area contributed by atoms with Gasteiger partial charge in [0, 0.05) is 11.7 Å². The number of aryl methyl sites for hydroxylation is 1. The fourth-order valence-electron chi connectivity index (χ4n) is 2.17. The summed E-state index contributed by atoms with van der Waals surface area (Å²) in [6, 6.07) is 13.2. The predicted octanol–water partition coefficient (Wildman–Crippen LogP) is 3.08. The van der Waals surface area contributed by atoms with Crippen LogP contribution in [0.3, 0.4) is 0 Å². The summed E-state index contributed by atoms with van der Waals surface area (Å²) in [4.78, 5) is 11.9. The minimum absolute atomic E-state index is 0.193. The molecule has 0 radical (unpaired) electrons. The molecule has 0 saturated heterocycles. The van der Waals surface area contributed by atoms with Gasteiger partial charge in [-0.2, -0.15) is 0 Å². The number of carbonyl (C=O) groups excluding carboxylic acids is 1. The van der Waals surface area contributed by atoms with Crippen LogP contribution in [0.1, 0.15) is 18.4 Å². The fourth-order valence-corrected chi connectivity index (χ4v) is 3.22. The maximum Gasteiger partial charge on any atom is 0.319 e. The summed E-state index contributed by atoms with van der Waals surface area (Å²) in [5, 5.41) is 5.51. The van der Waals surface area contributed by atoms with E-state index in [1.807, 2.05) is 6.92 Å². The zero-order chi connectivity index (χ0) is 17.2. The number of urea groups is 1. The number of amides is 2. The Morgan fingerprint density at radius 1 is 1.04 bits per heavy atom. The van der Waals surface area contributed by atoms with Gasteiger partial charge in [0.05, 0.1) is 10.6 Å². The molecule has 0 bridgehead atoms. The van der Waals surface area contributed by atoms with Crippen LogP contribution in [0.15, 0.2) is 53.4 Å². The molecule has 2 amide bonds. The monoisotopic (exact) mass is 345 g/mol. The van der Waals surface area contributed by atoms with Crippen LogP contribution in [0.25, 0.3) is 0 Å². The van der Waals surface area contributed by atoms with Gasteiger partial charge in [0.25, 0.3) is 10.0 Å². The molecule has 0 aliphatic heterocycles. The molecule has 3 N–H and O–H groups in total. The van der Waals surface area contributed by atoms with E-state index in [-0.39, 0.29) is 17.0 Å². The van der Waals surface area contributed by atoms with Crippen LogP contribution in [0.4, 0.5) is 16.2 Å². The summed E-state index contributed by atoms with van der Waals surface area (Å²) < 4.78 is 27.3. The quantitative estimate of drug-likeness (QED) is 0.778. The number of hydrogen-bond acceptors (Lipinski definition) is 3. The van der Waals surface area contributed by atoms with E-state index in [0.29, 0.717) is 11.4 Å². The Morgan fingerprint density at radius 3 is 2.38 bits per heavy atom. The van der Waals surface area contributed by atoms with Gasteiger partial charge < -0.3 is 10.6 Å². The lowest BCUT2D eigenvalue weighted by Gasteiger charge is -2.11. The molecule has 126 valence electrons. The molecule has 24 heavy (non-hydrogen) atoms. The van der Waals surface area contributed by atoms with Crippen LogP contribution in [0.5, 0.6) is 0 Å². The van der Waals surface area contributed by atoms with E-state index in [4.69, 9.17) is 0 Å². The van der Waals surface area contributed by atoms with E-state index in [2.05, 4.69) is 15.4 Å². The molecular formula is C17H19N3O3S. The van der Waals surface area contributed by atoms with Crippen molar-refractivity contribution in [3.05, 3.63) is 54.1 Å². The van der Waals surface area contributed by atoms with E-state index in [1.54, 1.807) is 48.5 Å². The molecule has 0 spiro atoms. The summed E-state index contributed by atoms with van der Waals surface area (Å²) >= 11 is 0. The first-order valence-electron chi connectivity index (χ1n) is 7.69. The highest BCUT2D eigenvalue weighted by atomic mass is 32.2. The fraction of sp³-hybridized carbons (Fsp3) is 0.235. The minimum atomic E-state index is -3.66. The highest BCUT2D eigenvalue weighted by Crippen LogP contribution is 2.21. The highest BCUT2D eigenvalue weighted by Gasteiger charge is 2.23. The Kier molecular flexibility index (Phi) is 4.44. The summed E-state index contributed by atoms with van der Waals surface area (Å²) in [6.45, 7) is 1.89. The van der Waals surface area contributed by atoms with Crippen molar-refractivity contribution in [3.8, 4) is 0 Å². The first-order valence-corrected chi connectivity index (χ1v) is 9.18. The van der Waals surface area contributed by atoms with Gasteiger partial charge in [0.15, 0.2) is 0 Å². The van der Waals surface area contributed by atoms with Crippen LogP contribution in [-0.2, 0) is 10.0 Å².